The molecule has 0 fully saturated rings. The van der Waals surface area contributed by atoms with Gasteiger partial charge in [0.1, 0.15) is 23.5 Å². The highest BCUT2D eigenvalue weighted by molar-refractivity contribution is 6.42. The summed E-state index contributed by atoms with van der Waals surface area (Å²) in [5.41, 5.74) is 5.75. The van der Waals surface area contributed by atoms with E-state index >= 15 is 0 Å². The summed E-state index contributed by atoms with van der Waals surface area (Å²) in [5.74, 6) is 0.434. The van der Waals surface area contributed by atoms with Gasteiger partial charge >= 0.3 is 0 Å². The smallest absolute Gasteiger partial charge is 0.237 e. The number of amides is 1. The standard InChI is InChI=1S/C15H22Cl2N2O3/c1-9(2)6-12(18)15(21)19-7-10(20)8-22-13-5-3-4-11(16)14(13)17/h3-5,9-10,12,20H,6-8,18H2,1-2H3,(H,19,21)/t10?,12-/m0/s1. The number of nitrogens with two attached hydrogens (primary N) is 1. The van der Waals surface area contributed by atoms with Crippen LogP contribution in [0.5, 0.6) is 5.75 Å². The quantitative estimate of drug-likeness (QED) is 0.672. The highest BCUT2D eigenvalue weighted by Gasteiger charge is 2.16. The molecule has 0 aliphatic heterocycles. The Kier molecular flexibility index (Phi) is 7.96. The molecule has 1 amide bonds. The largest absolute Gasteiger partial charge is 0.489 e. The highest BCUT2D eigenvalue weighted by Crippen LogP contribution is 2.31. The lowest BCUT2D eigenvalue weighted by atomic mass is 10.0. The molecule has 2 atom stereocenters. The van der Waals surface area contributed by atoms with Gasteiger partial charge in [-0.3, -0.25) is 4.79 Å². The minimum atomic E-state index is -0.870. The van der Waals surface area contributed by atoms with Crippen LogP contribution in [0.4, 0.5) is 0 Å². The van der Waals surface area contributed by atoms with Crippen LogP contribution in [0.15, 0.2) is 18.2 Å². The van der Waals surface area contributed by atoms with Gasteiger partial charge in [0.15, 0.2) is 0 Å². The number of hydrogen-bond acceptors (Lipinski definition) is 4. The van der Waals surface area contributed by atoms with Gasteiger partial charge in [-0.1, -0.05) is 43.1 Å². The summed E-state index contributed by atoms with van der Waals surface area (Å²) in [5, 5.41) is 13.1. The second kappa shape index (κ2) is 9.20. The minimum absolute atomic E-state index is 0.0141. The Morgan fingerprint density at radius 2 is 2.09 bits per heavy atom. The molecule has 4 N–H and O–H groups in total. The molecule has 0 bridgehead atoms. The normalized spacial score (nSPS) is 13.8. The molecule has 124 valence electrons. The number of hydrogen-bond donors (Lipinski definition) is 3. The molecule has 0 radical (unpaired) electrons. The van der Waals surface area contributed by atoms with Crippen molar-refractivity contribution in [3.05, 3.63) is 28.2 Å². The van der Waals surface area contributed by atoms with Crippen LogP contribution in [0.1, 0.15) is 20.3 Å². The third-order valence-electron chi connectivity index (χ3n) is 2.92. The SMILES string of the molecule is CC(C)C[C@H](N)C(=O)NCC(O)COc1cccc(Cl)c1Cl. The molecule has 0 saturated carbocycles. The zero-order valence-electron chi connectivity index (χ0n) is 12.7. The zero-order valence-corrected chi connectivity index (χ0v) is 14.2. The van der Waals surface area contributed by atoms with Gasteiger partial charge < -0.3 is 20.9 Å². The molecule has 5 nitrogen and oxygen atoms in total. The van der Waals surface area contributed by atoms with Gasteiger partial charge in [-0.05, 0) is 24.5 Å². The van der Waals surface area contributed by atoms with Crippen LogP contribution in [0, 0.1) is 5.92 Å². The number of benzene rings is 1. The van der Waals surface area contributed by atoms with Gasteiger partial charge in [-0.15, -0.1) is 0 Å². The van der Waals surface area contributed by atoms with E-state index in [0.29, 0.717) is 28.1 Å². The summed E-state index contributed by atoms with van der Waals surface area (Å²) in [6.45, 7) is 4.03. The number of aliphatic hydroxyl groups excluding tert-OH is 1. The first-order chi connectivity index (χ1) is 10.3. The zero-order chi connectivity index (χ0) is 16.7. The van der Waals surface area contributed by atoms with Crippen molar-refractivity contribution < 1.29 is 14.6 Å². The average Bonchev–Trinajstić information content (AvgIpc) is 2.45. The van der Waals surface area contributed by atoms with Crippen LogP contribution >= 0.6 is 23.2 Å². The summed E-state index contributed by atoms with van der Waals surface area (Å²) in [6.07, 6.45) is -0.276. The first kappa shape index (κ1) is 19.0. The van der Waals surface area contributed by atoms with Crippen molar-refractivity contribution in [1.29, 1.82) is 0 Å². The van der Waals surface area contributed by atoms with Crippen molar-refractivity contribution in [1.82, 2.24) is 5.32 Å². The van der Waals surface area contributed by atoms with Crippen LogP contribution in [0.2, 0.25) is 10.0 Å². The Balaban J connectivity index is 2.36. The van der Waals surface area contributed by atoms with Gasteiger partial charge in [-0.25, -0.2) is 0 Å². The predicted octanol–water partition coefficient (Wildman–Crippen LogP) is 2.22. The van der Waals surface area contributed by atoms with Gasteiger partial charge in [-0.2, -0.15) is 0 Å². The molecule has 0 aliphatic carbocycles. The molecule has 0 aliphatic rings. The Labute approximate surface area is 140 Å². The molecule has 1 aromatic rings. The van der Waals surface area contributed by atoms with E-state index < -0.39 is 12.1 Å². The summed E-state index contributed by atoms with van der Waals surface area (Å²) >= 11 is 11.8. The lowest BCUT2D eigenvalue weighted by Gasteiger charge is -2.17. The second-order valence-electron chi connectivity index (χ2n) is 5.50. The van der Waals surface area contributed by atoms with Crippen molar-refractivity contribution in [3.63, 3.8) is 0 Å². The second-order valence-corrected chi connectivity index (χ2v) is 6.28. The molecule has 1 rings (SSSR count). The van der Waals surface area contributed by atoms with Crippen molar-refractivity contribution in [3.8, 4) is 5.75 Å². The Morgan fingerprint density at radius 1 is 1.41 bits per heavy atom. The first-order valence-electron chi connectivity index (χ1n) is 7.09. The molecule has 0 heterocycles. The van der Waals surface area contributed by atoms with E-state index in [1.807, 2.05) is 13.8 Å². The van der Waals surface area contributed by atoms with Crippen molar-refractivity contribution in [2.45, 2.75) is 32.4 Å². The lowest BCUT2D eigenvalue weighted by molar-refractivity contribution is -0.123. The summed E-state index contributed by atoms with van der Waals surface area (Å²) in [6, 6.07) is 4.42. The maximum Gasteiger partial charge on any atom is 0.237 e. The fourth-order valence-electron chi connectivity index (χ4n) is 1.80. The van der Waals surface area contributed by atoms with Crippen molar-refractivity contribution >= 4 is 29.1 Å². The Morgan fingerprint density at radius 3 is 2.73 bits per heavy atom. The summed E-state index contributed by atoms with van der Waals surface area (Å²) in [4.78, 5) is 11.7. The Hall–Kier alpha value is -1.01. The maximum atomic E-state index is 11.7. The van der Waals surface area contributed by atoms with Gasteiger partial charge in [0, 0.05) is 6.54 Å². The maximum absolute atomic E-state index is 11.7. The van der Waals surface area contributed by atoms with E-state index in [4.69, 9.17) is 33.7 Å². The third kappa shape index (κ3) is 6.40. The van der Waals surface area contributed by atoms with Crippen LogP contribution in [0.3, 0.4) is 0 Å². The number of ether oxygens (including phenoxy) is 1. The van der Waals surface area contributed by atoms with Gasteiger partial charge in [0.05, 0.1) is 11.1 Å². The summed E-state index contributed by atoms with van der Waals surface area (Å²) in [7, 11) is 0. The molecule has 7 heteroatoms. The van der Waals surface area contributed by atoms with E-state index in [1.165, 1.54) is 0 Å². The number of rotatable bonds is 8. The summed E-state index contributed by atoms with van der Waals surface area (Å²) < 4.78 is 5.39. The van der Waals surface area contributed by atoms with Crippen LogP contribution < -0.4 is 15.8 Å². The highest BCUT2D eigenvalue weighted by atomic mass is 35.5. The predicted molar refractivity (Wildman–Crippen MR) is 88.4 cm³/mol. The van der Waals surface area contributed by atoms with E-state index in [2.05, 4.69) is 5.32 Å². The van der Waals surface area contributed by atoms with E-state index in [1.54, 1.807) is 18.2 Å². The minimum Gasteiger partial charge on any atom is -0.489 e. The van der Waals surface area contributed by atoms with Crippen LogP contribution in [0.25, 0.3) is 0 Å². The van der Waals surface area contributed by atoms with E-state index in [9.17, 15) is 9.90 Å². The molecular weight excluding hydrogens is 327 g/mol. The molecule has 0 spiro atoms. The fraction of sp³-hybridized carbons (Fsp3) is 0.533. The van der Waals surface area contributed by atoms with Crippen LogP contribution in [-0.2, 0) is 4.79 Å². The molecule has 0 saturated heterocycles. The van der Waals surface area contributed by atoms with Crippen molar-refractivity contribution in [2.24, 2.45) is 11.7 Å². The van der Waals surface area contributed by atoms with Gasteiger partial charge in [0.25, 0.3) is 0 Å². The fourth-order valence-corrected chi connectivity index (χ4v) is 2.15. The van der Waals surface area contributed by atoms with Crippen molar-refractivity contribution in [2.75, 3.05) is 13.2 Å². The Bertz CT molecular complexity index is 498. The van der Waals surface area contributed by atoms with E-state index in [-0.39, 0.29) is 19.1 Å². The number of halogens is 2. The average molecular weight is 349 g/mol. The third-order valence-corrected chi connectivity index (χ3v) is 3.72. The molecule has 1 unspecified atom stereocenters. The molecular formula is C15H22Cl2N2O3. The number of carbonyl (C=O) groups is 1. The molecule has 0 aromatic heterocycles. The number of carbonyl (C=O) groups excluding carboxylic acids is 1. The number of aliphatic hydroxyl groups is 1. The van der Waals surface area contributed by atoms with Gasteiger partial charge in [0.2, 0.25) is 5.91 Å². The first-order valence-corrected chi connectivity index (χ1v) is 7.85. The molecule has 1 aromatic carbocycles. The number of nitrogens with one attached hydrogen (secondary N) is 1. The topological polar surface area (TPSA) is 84.6 Å². The monoisotopic (exact) mass is 348 g/mol. The van der Waals surface area contributed by atoms with E-state index in [0.717, 1.165) is 0 Å². The van der Waals surface area contributed by atoms with Crippen LogP contribution in [-0.4, -0.2) is 36.3 Å². The lowest BCUT2D eigenvalue weighted by Crippen LogP contribution is -2.45. The molecule has 22 heavy (non-hydrogen) atoms.